The van der Waals surface area contributed by atoms with Gasteiger partial charge in [-0.2, -0.15) is 0 Å². The quantitative estimate of drug-likeness (QED) is 0.516. The van der Waals surface area contributed by atoms with Crippen LogP contribution < -0.4 is 15.0 Å². The van der Waals surface area contributed by atoms with E-state index in [4.69, 9.17) is 30.5 Å². The zero-order chi connectivity index (χ0) is 23.6. The number of rotatable bonds is 3. The number of carbonyl (C=O) groups is 3. The highest BCUT2D eigenvalue weighted by Gasteiger charge is 2.37. The minimum atomic E-state index is -1.07. The standard InChI is InChI=1S/C21H29ClN2O7/c1-8-28-17(25)16-11-24(19(27)31-21(5,6)7)14-9-12(22)13(10-15(14)29-16)23-18(26)30-20(2,3)4/h9-10,16H,8,11H2,1-7H3,(H,23,26). The summed E-state index contributed by atoms with van der Waals surface area (Å²) >= 11 is 6.33. The summed E-state index contributed by atoms with van der Waals surface area (Å²) in [5.41, 5.74) is -0.960. The Morgan fingerprint density at radius 1 is 1.13 bits per heavy atom. The second-order valence-corrected chi connectivity index (χ2v) is 9.28. The topological polar surface area (TPSA) is 103 Å². The van der Waals surface area contributed by atoms with Gasteiger partial charge < -0.3 is 18.9 Å². The number of nitrogens with zero attached hydrogens (tertiary/aromatic N) is 1. The number of amides is 2. The molecule has 1 unspecified atom stereocenters. The number of ether oxygens (including phenoxy) is 4. The lowest BCUT2D eigenvalue weighted by Gasteiger charge is -2.35. The second-order valence-electron chi connectivity index (χ2n) is 8.88. The highest BCUT2D eigenvalue weighted by Crippen LogP contribution is 2.41. The number of halogens is 1. The molecular weight excluding hydrogens is 428 g/mol. The third kappa shape index (κ3) is 6.92. The number of hydrogen-bond donors (Lipinski definition) is 1. The van der Waals surface area contributed by atoms with Gasteiger partial charge in [-0.05, 0) is 54.5 Å². The maximum absolute atomic E-state index is 12.8. The van der Waals surface area contributed by atoms with Gasteiger partial charge in [0, 0.05) is 6.07 Å². The van der Waals surface area contributed by atoms with Crippen molar-refractivity contribution in [3.63, 3.8) is 0 Å². The fraction of sp³-hybridized carbons (Fsp3) is 0.571. The van der Waals surface area contributed by atoms with Crippen LogP contribution in [-0.2, 0) is 19.0 Å². The molecule has 0 spiro atoms. The van der Waals surface area contributed by atoms with Gasteiger partial charge in [0.2, 0.25) is 6.10 Å². The van der Waals surface area contributed by atoms with E-state index in [1.165, 1.54) is 17.0 Å². The first-order valence-electron chi connectivity index (χ1n) is 9.87. The van der Waals surface area contributed by atoms with Crippen LogP contribution in [0.3, 0.4) is 0 Å². The van der Waals surface area contributed by atoms with Crippen LogP contribution >= 0.6 is 11.6 Å². The minimum Gasteiger partial charge on any atom is -0.475 e. The lowest BCUT2D eigenvalue weighted by atomic mass is 10.1. The van der Waals surface area contributed by atoms with Crippen LogP contribution in [0.2, 0.25) is 5.02 Å². The first-order chi connectivity index (χ1) is 14.2. The first-order valence-corrected chi connectivity index (χ1v) is 10.3. The Kier molecular flexibility index (Phi) is 7.31. The van der Waals surface area contributed by atoms with E-state index in [-0.39, 0.29) is 29.6 Å². The summed E-state index contributed by atoms with van der Waals surface area (Å²) in [6, 6.07) is 2.87. The van der Waals surface area contributed by atoms with Gasteiger partial charge in [-0.1, -0.05) is 11.6 Å². The zero-order valence-electron chi connectivity index (χ0n) is 18.8. The van der Waals surface area contributed by atoms with Crippen molar-refractivity contribution in [2.24, 2.45) is 0 Å². The van der Waals surface area contributed by atoms with Crippen molar-refractivity contribution >= 4 is 41.1 Å². The number of esters is 1. The van der Waals surface area contributed by atoms with E-state index < -0.39 is 35.5 Å². The molecule has 1 aliphatic rings. The fourth-order valence-electron chi connectivity index (χ4n) is 2.66. The van der Waals surface area contributed by atoms with E-state index in [1.54, 1.807) is 48.5 Å². The summed E-state index contributed by atoms with van der Waals surface area (Å²) in [6.07, 6.45) is -2.46. The van der Waals surface area contributed by atoms with Gasteiger partial charge in [-0.15, -0.1) is 0 Å². The average molecular weight is 457 g/mol. The molecule has 2 rings (SSSR count). The van der Waals surface area contributed by atoms with Gasteiger partial charge in [0.25, 0.3) is 0 Å². The van der Waals surface area contributed by atoms with Crippen LogP contribution in [-0.4, -0.2) is 48.6 Å². The van der Waals surface area contributed by atoms with Crippen LogP contribution in [0, 0.1) is 0 Å². The van der Waals surface area contributed by atoms with E-state index in [2.05, 4.69) is 5.32 Å². The van der Waals surface area contributed by atoms with Crippen molar-refractivity contribution < 1.29 is 33.3 Å². The molecule has 1 aromatic rings. The predicted octanol–water partition coefficient (Wildman–Crippen LogP) is 4.75. The summed E-state index contributed by atoms with van der Waals surface area (Å²) in [6.45, 7) is 12.1. The largest absolute Gasteiger partial charge is 0.475 e. The van der Waals surface area contributed by atoms with Crippen molar-refractivity contribution in [3.8, 4) is 5.75 Å². The molecule has 1 atom stereocenters. The Hall–Kier alpha value is -2.68. The van der Waals surface area contributed by atoms with Crippen LogP contribution in [0.15, 0.2) is 12.1 Å². The Bertz CT molecular complexity index is 859. The molecule has 0 fully saturated rings. The smallest absolute Gasteiger partial charge is 0.415 e. The number of fused-ring (bicyclic) bond motifs is 1. The maximum atomic E-state index is 12.8. The first kappa shape index (κ1) is 24.6. The summed E-state index contributed by atoms with van der Waals surface area (Å²) in [4.78, 5) is 38.5. The van der Waals surface area contributed by atoms with E-state index in [1.807, 2.05) is 0 Å². The third-order valence-electron chi connectivity index (χ3n) is 3.76. The lowest BCUT2D eigenvalue weighted by Crippen LogP contribution is -2.49. The van der Waals surface area contributed by atoms with Gasteiger partial charge in [0.05, 0.1) is 29.5 Å². The van der Waals surface area contributed by atoms with Gasteiger partial charge >= 0.3 is 18.2 Å². The Labute approximate surface area is 186 Å². The molecule has 1 heterocycles. The number of benzene rings is 1. The molecule has 0 saturated carbocycles. The van der Waals surface area contributed by atoms with Crippen LogP contribution in [0.1, 0.15) is 48.5 Å². The Balaban J connectivity index is 2.40. The van der Waals surface area contributed by atoms with Gasteiger partial charge in [-0.25, -0.2) is 14.4 Å². The van der Waals surface area contributed by atoms with E-state index >= 15 is 0 Å². The molecule has 10 heteroatoms. The molecule has 9 nitrogen and oxygen atoms in total. The minimum absolute atomic E-state index is 0.115. The molecule has 2 amide bonds. The zero-order valence-corrected chi connectivity index (χ0v) is 19.6. The number of hydrogen-bond acceptors (Lipinski definition) is 7. The van der Waals surface area contributed by atoms with Crippen LogP contribution in [0.5, 0.6) is 5.75 Å². The highest BCUT2D eigenvalue weighted by molar-refractivity contribution is 6.34. The summed E-state index contributed by atoms with van der Waals surface area (Å²) in [5, 5.41) is 2.69. The van der Waals surface area contributed by atoms with E-state index in [0.717, 1.165) is 0 Å². The van der Waals surface area contributed by atoms with Crippen molar-refractivity contribution in [2.45, 2.75) is 65.8 Å². The number of nitrogens with one attached hydrogen (secondary N) is 1. The second kappa shape index (κ2) is 9.21. The summed E-state index contributed by atoms with van der Waals surface area (Å²) in [5.74, 6) is -0.469. The van der Waals surface area contributed by atoms with Crippen molar-refractivity contribution in [3.05, 3.63) is 17.2 Å². The van der Waals surface area contributed by atoms with Crippen LogP contribution in [0.4, 0.5) is 21.0 Å². The molecular formula is C21H29ClN2O7. The van der Waals surface area contributed by atoms with Gasteiger partial charge in [-0.3, -0.25) is 10.2 Å². The van der Waals surface area contributed by atoms with Gasteiger partial charge in [0.15, 0.2) is 0 Å². The molecule has 1 aromatic carbocycles. The summed E-state index contributed by atoms with van der Waals surface area (Å²) < 4.78 is 21.5. The average Bonchev–Trinajstić information content (AvgIpc) is 2.58. The summed E-state index contributed by atoms with van der Waals surface area (Å²) in [7, 11) is 0. The third-order valence-corrected chi connectivity index (χ3v) is 4.07. The molecule has 0 aliphatic carbocycles. The maximum Gasteiger partial charge on any atom is 0.415 e. The number of carbonyl (C=O) groups excluding carboxylic acids is 3. The fourth-order valence-corrected chi connectivity index (χ4v) is 2.87. The lowest BCUT2D eigenvalue weighted by molar-refractivity contribution is -0.151. The molecule has 0 radical (unpaired) electrons. The van der Waals surface area contributed by atoms with E-state index in [9.17, 15) is 14.4 Å². The molecule has 0 aromatic heterocycles. The molecule has 0 bridgehead atoms. The van der Waals surface area contributed by atoms with E-state index in [0.29, 0.717) is 5.69 Å². The molecule has 1 N–H and O–H groups in total. The molecule has 1 aliphatic heterocycles. The normalized spacial score (nSPS) is 16.0. The van der Waals surface area contributed by atoms with Crippen LogP contribution in [0.25, 0.3) is 0 Å². The van der Waals surface area contributed by atoms with Crippen molar-refractivity contribution in [1.82, 2.24) is 0 Å². The molecule has 0 saturated heterocycles. The number of anilines is 2. The SMILES string of the molecule is CCOC(=O)C1CN(C(=O)OC(C)(C)C)c2cc(Cl)c(NC(=O)OC(C)(C)C)cc2O1. The molecule has 172 valence electrons. The monoisotopic (exact) mass is 456 g/mol. The van der Waals surface area contributed by atoms with Crippen molar-refractivity contribution in [2.75, 3.05) is 23.4 Å². The molecule has 31 heavy (non-hydrogen) atoms. The van der Waals surface area contributed by atoms with Crippen molar-refractivity contribution in [1.29, 1.82) is 0 Å². The van der Waals surface area contributed by atoms with Gasteiger partial charge in [0.1, 0.15) is 17.0 Å². The Morgan fingerprint density at radius 3 is 2.29 bits per heavy atom. The predicted molar refractivity (Wildman–Crippen MR) is 116 cm³/mol. The highest BCUT2D eigenvalue weighted by atomic mass is 35.5. The Morgan fingerprint density at radius 2 is 1.74 bits per heavy atom.